The highest BCUT2D eigenvalue weighted by atomic mass is 32.1. The lowest BCUT2D eigenvalue weighted by Crippen LogP contribution is -2.38. The van der Waals surface area contributed by atoms with Crippen LogP contribution in [-0.4, -0.2) is 18.8 Å². The van der Waals surface area contributed by atoms with E-state index >= 15 is 0 Å². The fraction of sp³-hybridized carbons (Fsp3) is 0.647. The molecule has 2 heteroatoms. The van der Waals surface area contributed by atoms with Crippen LogP contribution in [0, 0.1) is 5.41 Å². The minimum Gasteiger partial charge on any atom is -0.371 e. The van der Waals surface area contributed by atoms with E-state index in [9.17, 15) is 0 Å². The average Bonchev–Trinajstić information content (AvgIpc) is 2.93. The average molecular weight is 277 g/mol. The van der Waals surface area contributed by atoms with E-state index in [0.29, 0.717) is 5.41 Å². The van der Waals surface area contributed by atoms with Gasteiger partial charge in [-0.1, -0.05) is 44.4 Å². The molecule has 0 radical (unpaired) electrons. The van der Waals surface area contributed by atoms with Crippen LogP contribution < -0.4 is 4.90 Å². The molecule has 0 atom stereocenters. The van der Waals surface area contributed by atoms with E-state index in [-0.39, 0.29) is 0 Å². The maximum Gasteiger partial charge on any atom is 0.0366 e. The van der Waals surface area contributed by atoms with Crippen molar-refractivity contribution in [1.29, 1.82) is 0 Å². The highest BCUT2D eigenvalue weighted by Gasteiger charge is 2.34. The van der Waals surface area contributed by atoms with Crippen molar-refractivity contribution < 1.29 is 0 Å². The number of hydrogen-bond donors (Lipinski definition) is 1. The fourth-order valence-corrected chi connectivity index (χ4v) is 3.60. The molecule has 0 heterocycles. The van der Waals surface area contributed by atoms with Crippen LogP contribution in [0.4, 0.5) is 5.69 Å². The van der Waals surface area contributed by atoms with Crippen molar-refractivity contribution >= 4 is 18.3 Å². The third kappa shape index (κ3) is 3.92. The fourth-order valence-electron chi connectivity index (χ4n) is 3.18. The van der Waals surface area contributed by atoms with E-state index in [1.54, 1.807) is 0 Å². The van der Waals surface area contributed by atoms with Gasteiger partial charge in [0.25, 0.3) is 0 Å². The first-order chi connectivity index (χ1) is 9.29. The summed E-state index contributed by atoms with van der Waals surface area (Å²) in [6, 6.07) is 10.9. The normalized spacial score (nSPS) is 17.6. The van der Waals surface area contributed by atoms with Gasteiger partial charge in [-0.05, 0) is 42.6 Å². The Labute approximate surface area is 123 Å². The second-order valence-electron chi connectivity index (χ2n) is 5.98. The summed E-state index contributed by atoms with van der Waals surface area (Å²) in [5.74, 6) is 1.03. The van der Waals surface area contributed by atoms with E-state index in [0.717, 1.165) is 5.75 Å². The zero-order valence-electron chi connectivity index (χ0n) is 12.1. The van der Waals surface area contributed by atoms with Gasteiger partial charge >= 0.3 is 0 Å². The van der Waals surface area contributed by atoms with Crippen LogP contribution in [0.25, 0.3) is 0 Å². The third-order valence-electron chi connectivity index (χ3n) is 4.43. The van der Waals surface area contributed by atoms with Crippen molar-refractivity contribution in [2.24, 2.45) is 5.41 Å². The predicted molar refractivity (Wildman–Crippen MR) is 88.3 cm³/mol. The molecule has 2 rings (SSSR count). The number of nitrogens with zero attached hydrogens (tertiary/aromatic N) is 1. The molecule has 1 aromatic rings. The van der Waals surface area contributed by atoms with Crippen LogP contribution in [0.2, 0.25) is 0 Å². The summed E-state index contributed by atoms with van der Waals surface area (Å²) in [6.07, 6.45) is 8.01. The zero-order valence-corrected chi connectivity index (χ0v) is 13.0. The van der Waals surface area contributed by atoms with Crippen LogP contribution in [0.5, 0.6) is 0 Å². The number of hydrogen-bond acceptors (Lipinski definition) is 2. The minimum atomic E-state index is 0.451. The molecule has 0 N–H and O–H groups in total. The molecule has 106 valence electrons. The van der Waals surface area contributed by atoms with Gasteiger partial charge in [-0.25, -0.2) is 0 Å². The summed E-state index contributed by atoms with van der Waals surface area (Å²) < 4.78 is 0. The summed E-state index contributed by atoms with van der Waals surface area (Å²) in [5, 5.41) is 0. The van der Waals surface area contributed by atoms with Crippen LogP contribution in [0.15, 0.2) is 30.3 Å². The molecule has 1 saturated carbocycles. The Morgan fingerprint density at radius 1 is 1.16 bits per heavy atom. The van der Waals surface area contributed by atoms with Crippen LogP contribution >= 0.6 is 12.6 Å². The molecule has 19 heavy (non-hydrogen) atoms. The maximum atomic E-state index is 4.65. The smallest absolute Gasteiger partial charge is 0.0366 e. The summed E-state index contributed by atoms with van der Waals surface area (Å²) in [7, 11) is 0. The van der Waals surface area contributed by atoms with Gasteiger partial charge in [0.05, 0.1) is 0 Å². The van der Waals surface area contributed by atoms with Gasteiger partial charge in [0.2, 0.25) is 0 Å². The number of para-hydroxylation sites is 1. The second kappa shape index (κ2) is 7.23. The Kier molecular flexibility index (Phi) is 5.62. The molecule has 0 unspecified atom stereocenters. The van der Waals surface area contributed by atoms with Gasteiger partial charge in [0, 0.05) is 18.8 Å². The number of anilines is 1. The van der Waals surface area contributed by atoms with Crippen molar-refractivity contribution in [3.63, 3.8) is 0 Å². The quantitative estimate of drug-likeness (QED) is 0.702. The summed E-state index contributed by atoms with van der Waals surface area (Å²) in [6.45, 7) is 4.63. The molecule has 0 aromatic heterocycles. The number of unbranched alkanes of at least 4 members (excludes halogenated alkanes) is 1. The molecule has 1 aliphatic carbocycles. The van der Waals surface area contributed by atoms with Gasteiger partial charge in [-0.15, -0.1) is 0 Å². The second-order valence-corrected chi connectivity index (χ2v) is 6.29. The van der Waals surface area contributed by atoms with Crippen molar-refractivity contribution in [1.82, 2.24) is 0 Å². The monoisotopic (exact) mass is 277 g/mol. The third-order valence-corrected chi connectivity index (χ3v) is 5.10. The van der Waals surface area contributed by atoms with Gasteiger partial charge in [0.15, 0.2) is 0 Å². The molecule has 1 fully saturated rings. The molecular formula is C17H27NS. The van der Waals surface area contributed by atoms with E-state index in [1.165, 1.54) is 57.3 Å². The number of thiol groups is 1. The first-order valence-electron chi connectivity index (χ1n) is 7.70. The minimum absolute atomic E-state index is 0.451. The van der Waals surface area contributed by atoms with Crippen molar-refractivity contribution in [3.8, 4) is 0 Å². The lowest BCUT2D eigenvalue weighted by atomic mass is 9.87. The van der Waals surface area contributed by atoms with Gasteiger partial charge < -0.3 is 4.90 Å². The molecule has 0 bridgehead atoms. The molecular weight excluding hydrogens is 250 g/mol. The topological polar surface area (TPSA) is 3.24 Å². The number of rotatable bonds is 7. The van der Waals surface area contributed by atoms with Crippen LogP contribution in [0.1, 0.15) is 45.4 Å². The molecule has 1 aromatic carbocycles. The van der Waals surface area contributed by atoms with Crippen molar-refractivity contribution in [2.45, 2.75) is 45.4 Å². The molecule has 0 spiro atoms. The van der Waals surface area contributed by atoms with Gasteiger partial charge in [-0.3, -0.25) is 0 Å². The largest absolute Gasteiger partial charge is 0.371 e. The van der Waals surface area contributed by atoms with E-state index < -0.39 is 0 Å². The van der Waals surface area contributed by atoms with E-state index in [1.807, 2.05) is 0 Å². The lowest BCUT2D eigenvalue weighted by Gasteiger charge is -2.36. The van der Waals surface area contributed by atoms with Crippen LogP contribution in [-0.2, 0) is 0 Å². The summed E-state index contributed by atoms with van der Waals surface area (Å²) in [4.78, 5) is 2.59. The Morgan fingerprint density at radius 3 is 2.42 bits per heavy atom. The van der Waals surface area contributed by atoms with Crippen molar-refractivity contribution in [2.75, 3.05) is 23.7 Å². The van der Waals surface area contributed by atoms with Crippen molar-refractivity contribution in [3.05, 3.63) is 30.3 Å². The maximum absolute atomic E-state index is 4.65. The zero-order chi connectivity index (χ0) is 13.6. The lowest BCUT2D eigenvalue weighted by molar-refractivity contribution is 0.347. The number of benzene rings is 1. The molecule has 0 saturated heterocycles. The summed E-state index contributed by atoms with van der Waals surface area (Å²) in [5.41, 5.74) is 1.83. The predicted octanol–water partition coefficient (Wildman–Crippen LogP) is 4.78. The standard InChI is InChI=1S/C17H27NS/c1-2-3-13-18(16-9-5-4-6-10-16)14-17(15-19)11-7-8-12-17/h4-6,9-10,19H,2-3,7-8,11-15H2,1H3. The SMILES string of the molecule is CCCCN(CC1(CS)CCCC1)c1ccccc1. The van der Waals surface area contributed by atoms with E-state index in [2.05, 4.69) is 54.8 Å². The highest BCUT2D eigenvalue weighted by Crippen LogP contribution is 2.40. The first kappa shape index (κ1) is 14.8. The Balaban J connectivity index is 2.09. The Hall–Kier alpha value is -0.630. The van der Waals surface area contributed by atoms with Crippen LogP contribution in [0.3, 0.4) is 0 Å². The molecule has 1 aliphatic rings. The van der Waals surface area contributed by atoms with E-state index in [4.69, 9.17) is 0 Å². The molecule has 1 nitrogen and oxygen atoms in total. The highest BCUT2D eigenvalue weighted by molar-refractivity contribution is 7.80. The Morgan fingerprint density at radius 2 is 1.84 bits per heavy atom. The summed E-state index contributed by atoms with van der Waals surface area (Å²) >= 11 is 4.65. The van der Waals surface area contributed by atoms with Gasteiger partial charge in [-0.2, -0.15) is 12.6 Å². The first-order valence-corrected chi connectivity index (χ1v) is 8.34. The van der Waals surface area contributed by atoms with Gasteiger partial charge in [0.1, 0.15) is 0 Å². The molecule has 0 amide bonds. The molecule has 0 aliphatic heterocycles. The Bertz CT molecular complexity index is 357.